The van der Waals surface area contributed by atoms with E-state index >= 15 is 0 Å². The highest BCUT2D eigenvalue weighted by atomic mass is 16.1. The third-order valence-corrected chi connectivity index (χ3v) is 6.37. The van der Waals surface area contributed by atoms with E-state index in [-0.39, 0.29) is 0 Å². The summed E-state index contributed by atoms with van der Waals surface area (Å²) in [5.74, 6) is 0.996. The van der Waals surface area contributed by atoms with Crippen molar-refractivity contribution < 1.29 is 4.79 Å². The van der Waals surface area contributed by atoms with Crippen molar-refractivity contribution in [1.82, 2.24) is 9.97 Å². The molecule has 0 aliphatic carbocycles. The highest BCUT2D eigenvalue weighted by Gasteiger charge is 2.16. The Balaban J connectivity index is 1.75. The van der Waals surface area contributed by atoms with Crippen molar-refractivity contribution in [3.63, 3.8) is 0 Å². The number of carbonyl (C=O) groups excluding carboxylic acids is 1. The van der Waals surface area contributed by atoms with E-state index < -0.39 is 0 Å². The number of imidazole rings is 1. The summed E-state index contributed by atoms with van der Waals surface area (Å²) in [5, 5.41) is 9.98. The Kier molecular flexibility index (Phi) is 4.20. The Morgan fingerprint density at radius 3 is 2.06 bits per heavy atom. The number of benzene rings is 5. The molecule has 0 atom stereocenters. The average molecular weight is 402 g/mol. The summed E-state index contributed by atoms with van der Waals surface area (Å²) in [5.41, 5.74) is 2.14. The third-order valence-electron chi connectivity index (χ3n) is 6.37. The SMILES string of the molecule is O=CCCCCc1nc2c3ccc4ccccc4c3c3c4ccccc4ccc3c2[nH]1. The Hall–Kier alpha value is -3.72. The van der Waals surface area contributed by atoms with Crippen molar-refractivity contribution in [1.29, 1.82) is 0 Å². The molecule has 150 valence electrons. The van der Waals surface area contributed by atoms with Crippen LogP contribution in [-0.2, 0) is 11.2 Å². The molecule has 0 aliphatic rings. The van der Waals surface area contributed by atoms with Crippen LogP contribution in [0, 0.1) is 0 Å². The second-order valence-corrected chi connectivity index (χ2v) is 8.24. The summed E-state index contributed by atoms with van der Waals surface area (Å²) in [4.78, 5) is 19.3. The van der Waals surface area contributed by atoms with Gasteiger partial charge in [-0.05, 0) is 34.4 Å². The molecule has 0 amide bonds. The number of aromatic amines is 1. The number of hydrogen-bond donors (Lipinski definition) is 1. The van der Waals surface area contributed by atoms with Gasteiger partial charge in [-0.2, -0.15) is 0 Å². The van der Waals surface area contributed by atoms with Gasteiger partial charge in [-0.25, -0.2) is 4.98 Å². The molecular formula is C28H22N2O. The van der Waals surface area contributed by atoms with Gasteiger partial charge < -0.3 is 9.78 Å². The lowest BCUT2D eigenvalue weighted by Crippen LogP contribution is -1.88. The summed E-state index contributed by atoms with van der Waals surface area (Å²) in [6.07, 6.45) is 4.32. The van der Waals surface area contributed by atoms with E-state index in [4.69, 9.17) is 4.98 Å². The molecule has 31 heavy (non-hydrogen) atoms. The molecule has 3 nitrogen and oxygen atoms in total. The van der Waals surface area contributed by atoms with Crippen LogP contribution in [0.25, 0.3) is 54.1 Å². The van der Waals surface area contributed by atoms with Gasteiger partial charge in [0.2, 0.25) is 0 Å². The number of aldehydes is 1. The fourth-order valence-corrected chi connectivity index (χ4v) is 4.94. The zero-order valence-corrected chi connectivity index (χ0v) is 17.2. The number of hydrogen-bond acceptors (Lipinski definition) is 2. The van der Waals surface area contributed by atoms with Gasteiger partial charge in [0.1, 0.15) is 12.1 Å². The minimum atomic E-state index is 0.615. The van der Waals surface area contributed by atoms with E-state index in [0.29, 0.717) is 6.42 Å². The van der Waals surface area contributed by atoms with Gasteiger partial charge in [0, 0.05) is 34.4 Å². The molecule has 1 N–H and O–H groups in total. The maximum atomic E-state index is 10.6. The number of carbonyl (C=O) groups is 1. The molecule has 0 saturated carbocycles. The monoisotopic (exact) mass is 402 g/mol. The van der Waals surface area contributed by atoms with E-state index in [9.17, 15) is 4.79 Å². The largest absolute Gasteiger partial charge is 0.341 e. The van der Waals surface area contributed by atoms with Crippen LogP contribution in [0.3, 0.4) is 0 Å². The molecule has 0 spiro atoms. The number of nitrogens with one attached hydrogen (secondary N) is 1. The first-order valence-electron chi connectivity index (χ1n) is 10.9. The Morgan fingerprint density at radius 2 is 1.35 bits per heavy atom. The minimum Gasteiger partial charge on any atom is -0.341 e. The van der Waals surface area contributed by atoms with E-state index in [1.54, 1.807) is 0 Å². The summed E-state index contributed by atoms with van der Waals surface area (Å²) >= 11 is 0. The Bertz CT molecular complexity index is 1500. The van der Waals surface area contributed by atoms with Gasteiger partial charge in [0.15, 0.2) is 0 Å². The molecule has 0 aliphatic heterocycles. The van der Waals surface area contributed by atoms with Crippen LogP contribution >= 0.6 is 0 Å². The standard InChI is InChI=1S/C28H22N2O/c31-17-7-1-2-12-24-29-27-22-15-13-18-8-3-5-10-20(18)25(22)26-21-11-6-4-9-19(21)14-16-23(26)28(27)30-24/h3-6,8-11,13-17H,1-2,7,12H2,(H,29,30). The van der Waals surface area contributed by atoms with Crippen LogP contribution in [0.2, 0.25) is 0 Å². The minimum absolute atomic E-state index is 0.615. The third kappa shape index (κ3) is 2.81. The highest BCUT2D eigenvalue weighted by molar-refractivity contribution is 6.35. The van der Waals surface area contributed by atoms with Crippen molar-refractivity contribution in [2.24, 2.45) is 0 Å². The van der Waals surface area contributed by atoms with Crippen molar-refractivity contribution >= 4 is 60.4 Å². The number of nitrogens with zero attached hydrogens (tertiary/aromatic N) is 1. The number of rotatable bonds is 5. The lowest BCUT2D eigenvalue weighted by Gasteiger charge is -2.12. The van der Waals surface area contributed by atoms with Gasteiger partial charge in [-0.1, -0.05) is 72.8 Å². The van der Waals surface area contributed by atoms with E-state index in [1.165, 1.54) is 43.1 Å². The molecule has 0 unspecified atom stereocenters. The fourth-order valence-electron chi connectivity index (χ4n) is 4.94. The quantitative estimate of drug-likeness (QED) is 0.190. The maximum absolute atomic E-state index is 10.6. The topological polar surface area (TPSA) is 45.8 Å². The van der Waals surface area contributed by atoms with Crippen LogP contribution in [0.4, 0.5) is 0 Å². The van der Waals surface area contributed by atoms with Crippen LogP contribution < -0.4 is 0 Å². The van der Waals surface area contributed by atoms with E-state index in [1.807, 2.05) is 0 Å². The average Bonchev–Trinajstić information content (AvgIpc) is 3.25. The molecule has 5 aromatic carbocycles. The predicted molar refractivity (Wildman–Crippen MR) is 130 cm³/mol. The lowest BCUT2D eigenvalue weighted by atomic mass is 9.92. The maximum Gasteiger partial charge on any atom is 0.119 e. The van der Waals surface area contributed by atoms with Crippen LogP contribution in [0.1, 0.15) is 25.1 Å². The number of aromatic nitrogens is 2. The molecule has 0 fully saturated rings. The van der Waals surface area contributed by atoms with Crippen molar-refractivity contribution in [2.45, 2.75) is 25.7 Å². The highest BCUT2D eigenvalue weighted by Crippen LogP contribution is 2.41. The molecule has 3 heteroatoms. The zero-order chi connectivity index (χ0) is 20.8. The molecule has 1 aromatic heterocycles. The van der Waals surface area contributed by atoms with Crippen LogP contribution in [-0.4, -0.2) is 16.3 Å². The van der Waals surface area contributed by atoms with E-state index in [0.717, 1.165) is 42.4 Å². The van der Waals surface area contributed by atoms with Gasteiger partial charge in [0.25, 0.3) is 0 Å². The van der Waals surface area contributed by atoms with E-state index in [2.05, 4.69) is 77.8 Å². The molecule has 0 bridgehead atoms. The Labute approximate surface area is 179 Å². The molecule has 0 saturated heterocycles. The molecule has 0 radical (unpaired) electrons. The van der Waals surface area contributed by atoms with Gasteiger partial charge in [-0.3, -0.25) is 0 Å². The zero-order valence-electron chi connectivity index (χ0n) is 17.2. The lowest BCUT2D eigenvalue weighted by molar-refractivity contribution is -0.107. The number of unbranched alkanes of at least 4 members (excludes halogenated alkanes) is 2. The smallest absolute Gasteiger partial charge is 0.119 e. The second kappa shape index (κ2) is 7.21. The predicted octanol–water partition coefficient (Wildman–Crippen LogP) is 7.09. The first-order chi connectivity index (χ1) is 15.3. The molecule has 1 heterocycles. The number of aryl methyl sites for hydroxylation is 1. The number of fused-ring (bicyclic) bond motifs is 10. The molecule has 6 aromatic rings. The van der Waals surface area contributed by atoms with Crippen molar-refractivity contribution in [3.05, 3.63) is 78.6 Å². The van der Waals surface area contributed by atoms with Gasteiger partial charge in [0.05, 0.1) is 11.0 Å². The fraction of sp³-hybridized carbons (Fsp3) is 0.143. The summed E-state index contributed by atoms with van der Waals surface area (Å²) in [6.45, 7) is 0. The molecule has 6 rings (SSSR count). The van der Waals surface area contributed by atoms with Crippen LogP contribution in [0.15, 0.2) is 72.8 Å². The van der Waals surface area contributed by atoms with Crippen molar-refractivity contribution in [2.75, 3.05) is 0 Å². The normalized spacial score (nSPS) is 11.9. The second-order valence-electron chi connectivity index (χ2n) is 8.24. The number of H-pyrrole nitrogens is 1. The van der Waals surface area contributed by atoms with Gasteiger partial charge >= 0.3 is 0 Å². The molecular weight excluding hydrogens is 380 g/mol. The first kappa shape index (κ1) is 18.1. The Morgan fingerprint density at radius 1 is 0.710 bits per heavy atom. The summed E-state index contributed by atoms with van der Waals surface area (Å²) in [6, 6.07) is 26.1. The first-order valence-corrected chi connectivity index (χ1v) is 10.9. The van der Waals surface area contributed by atoms with Crippen LogP contribution in [0.5, 0.6) is 0 Å². The van der Waals surface area contributed by atoms with Crippen molar-refractivity contribution in [3.8, 4) is 0 Å². The summed E-state index contributed by atoms with van der Waals surface area (Å²) < 4.78 is 0. The summed E-state index contributed by atoms with van der Waals surface area (Å²) in [7, 11) is 0. The van der Waals surface area contributed by atoms with Gasteiger partial charge in [-0.15, -0.1) is 0 Å².